The molecule has 1 heterocycles. The van der Waals surface area contributed by atoms with Gasteiger partial charge in [-0.3, -0.25) is 0 Å². The van der Waals surface area contributed by atoms with Gasteiger partial charge >= 0.3 is 5.97 Å². The van der Waals surface area contributed by atoms with Crippen LogP contribution in [0.25, 0.3) is 0 Å². The molecule has 0 aliphatic heterocycles. The molecule has 8 heteroatoms. The van der Waals surface area contributed by atoms with Crippen LogP contribution in [0.2, 0.25) is 0 Å². The van der Waals surface area contributed by atoms with E-state index in [4.69, 9.17) is 0 Å². The molecule has 0 unspecified atom stereocenters. The van der Waals surface area contributed by atoms with E-state index in [9.17, 15) is 13.2 Å². The Balaban J connectivity index is 3.09. The normalized spacial score (nSPS) is 13.6. The number of sulfonamides is 1. The summed E-state index contributed by atoms with van der Waals surface area (Å²) in [5.74, 6) is -0.378. The van der Waals surface area contributed by atoms with E-state index >= 15 is 0 Å². The van der Waals surface area contributed by atoms with E-state index < -0.39 is 16.0 Å². The smallest absolute Gasteiger partial charge is 0.348 e. The minimum absolute atomic E-state index is 0.0606. The number of hydrogen-bond donors (Lipinski definition) is 1. The van der Waals surface area contributed by atoms with Crippen molar-refractivity contribution >= 4 is 43.3 Å². The summed E-state index contributed by atoms with van der Waals surface area (Å²) in [4.78, 5) is 11.7. The zero-order valence-corrected chi connectivity index (χ0v) is 14.3. The van der Waals surface area contributed by atoms with Crippen LogP contribution in [0.3, 0.4) is 0 Å². The predicted octanol–water partition coefficient (Wildman–Crippen LogP) is 2.62. The maximum absolute atomic E-state index is 12.2. The zero-order chi connectivity index (χ0) is 14.8. The summed E-state index contributed by atoms with van der Waals surface area (Å²) in [6, 6.07) is 1.12. The summed E-state index contributed by atoms with van der Waals surface area (Å²) in [7, 11) is -2.40. The predicted molar refractivity (Wildman–Crippen MR) is 78.0 cm³/mol. The Bertz CT molecular complexity index is 565. The number of halogens is 1. The second kappa shape index (κ2) is 6.34. The van der Waals surface area contributed by atoms with Gasteiger partial charge in [-0.1, -0.05) is 13.8 Å². The van der Waals surface area contributed by atoms with Gasteiger partial charge in [-0.25, -0.2) is 17.9 Å². The summed E-state index contributed by atoms with van der Waals surface area (Å²) >= 11 is 4.20. The Morgan fingerprint density at radius 3 is 2.47 bits per heavy atom. The number of carbonyl (C=O) groups excluding carboxylic acids is 1. The van der Waals surface area contributed by atoms with Gasteiger partial charge < -0.3 is 4.74 Å². The molecule has 1 rings (SSSR count). The lowest BCUT2D eigenvalue weighted by atomic mass is 10.1. The average Bonchev–Trinajstić information content (AvgIpc) is 2.70. The first-order valence-electron chi connectivity index (χ1n) is 5.59. The monoisotopic (exact) mass is 369 g/mol. The number of methoxy groups -OCH3 is 1. The van der Waals surface area contributed by atoms with Crippen LogP contribution in [0.4, 0.5) is 0 Å². The second-order valence-electron chi connectivity index (χ2n) is 4.39. The van der Waals surface area contributed by atoms with Crippen molar-refractivity contribution in [3.63, 3.8) is 0 Å². The van der Waals surface area contributed by atoms with Gasteiger partial charge in [-0.15, -0.1) is 11.3 Å². The van der Waals surface area contributed by atoms with Crippen LogP contribution < -0.4 is 4.72 Å². The number of esters is 1. The van der Waals surface area contributed by atoms with Crippen molar-refractivity contribution in [3.8, 4) is 0 Å². The highest BCUT2D eigenvalue weighted by Gasteiger charge is 2.25. The summed E-state index contributed by atoms with van der Waals surface area (Å²) in [6.45, 7) is 5.65. The largest absolute Gasteiger partial charge is 0.465 e. The SMILES string of the molecule is COC(=O)c1cc(S(=O)(=O)N[C@@H](C)C(C)C)c(Br)s1. The number of carbonyl (C=O) groups is 1. The molecule has 5 nitrogen and oxygen atoms in total. The quantitative estimate of drug-likeness (QED) is 0.809. The molecule has 0 aliphatic carbocycles. The molecule has 0 saturated carbocycles. The molecule has 19 heavy (non-hydrogen) atoms. The molecule has 0 radical (unpaired) electrons. The number of thiophene rings is 1. The fourth-order valence-electron chi connectivity index (χ4n) is 1.18. The first-order valence-corrected chi connectivity index (χ1v) is 8.68. The average molecular weight is 370 g/mol. The lowest BCUT2D eigenvalue weighted by Gasteiger charge is -2.17. The van der Waals surface area contributed by atoms with Crippen LogP contribution in [0.5, 0.6) is 0 Å². The van der Waals surface area contributed by atoms with Gasteiger partial charge in [0.25, 0.3) is 0 Å². The molecule has 108 valence electrons. The maximum Gasteiger partial charge on any atom is 0.348 e. The molecule has 0 bridgehead atoms. The molecule has 0 aliphatic rings. The van der Waals surface area contributed by atoms with Gasteiger partial charge in [0.05, 0.1) is 10.9 Å². The highest BCUT2D eigenvalue weighted by Crippen LogP contribution is 2.32. The molecule has 0 fully saturated rings. The third kappa shape index (κ3) is 4.01. The molecule has 0 aromatic carbocycles. The van der Waals surface area contributed by atoms with Crippen molar-refractivity contribution in [2.45, 2.75) is 31.7 Å². The van der Waals surface area contributed by atoms with Crippen LogP contribution in [-0.4, -0.2) is 27.5 Å². The Kier molecular flexibility index (Phi) is 5.54. The van der Waals surface area contributed by atoms with Gasteiger partial charge in [0, 0.05) is 6.04 Å². The van der Waals surface area contributed by atoms with Crippen LogP contribution in [0.1, 0.15) is 30.4 Å². The van der Waals surface area contributed by atoms with Gasteiger partial charge in [-0.2, -0.15) is 0 Å². The zero-order valence-electron chi connectivity index (χ0n) is 11.1. The van der Waals surface area contributed by atoms with E-state index in [-0.39, 0.29) is 21.7 Å². The van der Waals surface area contributed by atoms with Gasteiger partial charge in [-0.05, 0) is 34.8 Å². The number of hydrogen-bond acceptors (Lipinski definition) is 5. The molecule has 1 aromatic heterocycles. The molecule has 0 amide bonds. The standard InChI is InChI=1S/C11H16BrNO4S2/c1-6(2)7(3)13-19(15,16)9-5-8(11(14)17-4)18-10(9)12/h5-7,13H,1-4H3/t7-/m0/s1. The molecule has 0 spiro atoms. The molecule has 1 atom stereocenters. The third-order valence-electron chi connectivity index (χ3n) is 2.67. The fourth-order valence-corrected chi connectivity index (χ4v) is 5.06. The van der Waals surface area contributed by atoms with Gasteiger partial charge in [0.15, 0.2) is 0 Å². The molecular formula is C11H16BrNO4S2. The van der Waals surface area contributed by atoms with E-state index in [1.54, 1.807) is 6.92 Å². The van der Waals surface area contributed by atoms with Crippen LogP contribution in [0.15, 0.2) is 14.7 Å². The lowest BCUT2D eigenvalue weighted by molar-refractivity contribution is 0.0606. The Morgan fingerprint density at radius 1 is 1.42 bits per heavy atom. The lowest BCUT2D eigenvalue weighted by Crippen LogP contribution is -2.36. The summed E-state index contributed by atoms with van der Waals surface area (Å²) < 4.78 is 31.9. The summed E-state index contributed by atoms with van der Waals surface area (Å²) in [6.07, 6.45) is 0. The van der Waals surface area contributed by atoms with E-state index in [0.29, 0.717) is 3.79 Å². The maximum atomic E-state index is 12.2. The highest BCUT2D eigenvalue weighted by atomic mass is 79.9. The van der Waals surface area contributed by atoms with Crippen molar-refractivity contribution in [1.82, 2.24) is 4.72 Å². The minimum atomic E-state index is -3.65. The molecular weight excluding hydrogens is 354 g/mol. The first kappa shape index (κ1) is 16.6. The number of nitrogens with one attached hydrogen (secondary N) is 1. The number of rotatable bonds is 5. The molecule has 1 N–H and O–H groups in total. The Hall–Kier alpha value is -0.440. The van der Waals surface area contributed by atoms with Crippen LogP contribution in [-0.2, 0) is 14.8 Å². The van der Waals surface area contributed by atoms with Crippen molar-refractivity contribution in [1.29, 1.82) is 0 Å². The topological polar surface area (TPSA) is 72.5 Å². The van der Waals surface area contributed by atoms with Crippen molar-refractivity contribution in [2.24, 2.45) is 5.92 Å². The van der Waals surface area contributed by atoms with Crippen molar-refractivity contribution in [2.75, 3.05) is 7.11 Å². The van der Waals surface area contributed by atoms with Crippen molar-refractivity contribution < 1.29 is 17.9 Å². The van der Waals surface area contributed by atoms with E-state index in [1.165, 1.54) is 13.2 Å². The Morgan fingerprint density at radius 2 is 2.00 bits per heavy atom. The van der Waals surface area contributed by atoms with Gasteiger partial charge in [0.1, 0.15) is 9.77 Å². The summed E-state index contributed by atoms with van der Waals surface area (Å²) in [5, 5.41) is 0. The van der Waals surface area contributed by atoms with E-state index in [1.807, 2.05) is 13.8 Å². The summed E-state index contributed by atoms with van der Waals surface area (Å²) in [5.41, 5.74) is 0. The third-order valence-corrected chi connectivity index (χ3v) is 6.46. The number of ether oxygens (including phenoxy) is 1. The van der Waals surface area contributed by atoms with E-state index in [0.717, 1.165) is 11.3 Å². The second-order valence-corrected chi connectivity index (χ2v) is 8.45. The van der Waals surface area contributed by atoms with Crippen LogP contribution in [0, 0.1) is 5.92 Å². The Labute approximate surface area is 125 Å². The molecule has 1 aromatic rings. The fraction of sp³-hybridized carbons (Fsp3) is 0.545. The van der Waals surface area contributed by atoms with Gasteiger partial charge in [0.2, 0.25) is 10.0 Å². The highest BCUT2D eigenvalue weighted by molar-refractivity contribution is 9.11. The van der Waals surface area contributed by atoms with Crippen molar-refractivity contribution in [3.05, 3.63) is 14.7 Å². The first-order chi connectivity index (χ1) is 8.69. The van der Waals surface area contributed by atoms with Crippen LogP contribution >= 0.6 is 27.3 Å². The minimum Gasteiger partial charge on any atom is -0.465 e. The van der Waals surface area contributed by atoms with E-state index in [2.05, 4.69) is 25.4 Å². The molecule has 0 saturated heterocycles.